The van der Waals surface area contributed by atoms with E-state index < -0.39 is 18.1 Å². The minimum absolute atomic E-state index is 0.0425. The zero-order chi connectivity index (χ0) is 23.6. The molecule has 0 spiro atoms. The van der Waals surface area contributed by atoms with Crippen LogP contribution in [-0.4, -0.2) is 29.8 Å². The second kappa shape index (κ2) is 9.58. The lowest BCUT2D eigenvalue weighted by Crippen LogP contribution is -2.43. The molecule has 1 atom stereocenters. The minimum atomic E-state index is -0.999. The molecule has 33 heavy (non-hydrogen) atoms. The van der Waals surface area contributed by atoms with Crippen LogP contribution in [0.5, 0.6) is 0 Å². The van der Waals surface area contributed by atoms with E-state index in [9.17, 15) is 14.7 Å². The Morgan fingerprint density at radius 2 is 1.52 bits per heavy atom. The highest BCUT2D eigenvalue weighted by atomic mass is 16.5. The summed E-state index contributed by atoms with van der Waals surface area (Å²) >= 11 is 0. The molecule has 0 saturated heterocycles. The number of carboxylic acid groups (broad SMARTS) is 1. The Morgan fingerprint density at radius 1 is 0.970 bits per heavy atom. The fraction of sp³-hybridized carbons (Fsp3) is 0.500. The predicted octanol–water partition coefficient (Wildman–Crippen LogP) is 6.22. The van der Waals surface area contributed by atoms with Crippen molar-refractivity contribution in [3.63, 3.8) is 0 Å². The molecule has 2 aromatic rings. The van der Waals surface area contributed by atoms with E-state index in [1.54, 1.807) is 0 Å². The molecule has 1 fully saturated rings. The maximum absolute atomic E-state index is 12.6. The van der Waals surface area contributed by atoms with Crippen LogP contribution in [-0.2, 0) is 9.53 Å². The molecule has 2 aromatic carbocycles. The smallest absolute Gasteiger partial charge is 0.407 e. The Bertz CT molecular complexity index is 955. The van der Waals surface area contributed by atoms with Crippen molar-refractivity contribution in [2.24, 2.45) is 17.3 Å². The Labute approximate surface area is 196 Å². The molecule has 5 heteroatoms. The van der Waals surface area contributed by atoms with E-state index in [1.165, 1.54) is 0 Å². The first kappa shape index (κ1) is 23.3. The fourth-order valence-electron chi connectivity index (χ4n) is 5.60. The van der Waals surface area contributed by atoms with Crippen LogP contribution in [0.1, 0.15) is 69.9 Å². The maximum atomic E-state index is 12.6. The van der Waals surface area contributed by atoms with Crippen molar-refractivity contribution >= 4 is 12.1 Å². The van der Waals surface area contributed by atoms with Crippen molar-refractivity contribution in [1.82, 2.24) is 5.32 Å². The van der Waals surface area contributed by atoms with E-state index >= 15 is 0 Å². The number of aliphatic carboxylic acids is 1. The molecule has 176 valence electrons. The number of nitrogens with one attached hydrogen (secondary N) is 1. The highest BCUT2D eigenvalue weighted by Gasteiger charge is 2.33. The zero-order valence-corrected chi connectivity index (χ0v) is 19.8. The number of amides is 1. The van der Waals surface area contributed by atoms with Crippen LogP contribution in [0, 0.1) is 17.3 Å². The minimum Gasteiger partial charge on any atom is -0.480 e. The Hall–Kier alpha value is -2.82. The molecule has 1 amide bonds. The summed E-state index contributed by atoms with van der Waals surface area (Å²) < 4.78 is 5.56. The van der Waals surface area contributed by atoms with Gasteiger partial charge in [0.25, 0.3) is 0 Å². The molecule has 1 unspecified atom stereocenters. The van der Waals surface area contributed by atoms with E-state index in [0.29, 0.717) is 18.3 Å². The molecule has 5 nitrogen and oxygen atoms in total. The first-order chi connectivity index (χ1) is 15.7. The van der Waals surface area contributed by atoms with Crippen LogP contribution in [0.4, 0.5) is 4.79 Å². The summed E-state index contributed by atoms with van der Waals surface area (Å²) in [6, 6.07) is 15.4. The highest BCUT2D eigenvalue weighted by Crippen LogP contribution is 2.44. The summed E-state index contributed by atoms with van der Waals surface area (Å²) in [4.78, 5) is 24.4. The summed E-state index contributed by atoms with van der Waals surface area (Å²) in [5.74, 6) is -0.0498. The Kier molecular flexibility index (Phi) is 6.78. The lowest BCUT2D eigenvalue weighted by atomic mass is 9.69. The van der Waals surface area contributed by atoms with Gasteiger partial charge in [-0.3, -0.25) is 0 Å². The van der Waals surface area contributed by atoms with Crippen molar-refractivity contribution in [2.45, 2.75) is 64.8 Å². The van der Waals surface area contributed by atoms with E-state index in [0.717, 1.165) is 47.9 Å². The number of benzene rings is 2. The number of carbonyl (C=O) groups is 2. The van der Waals surface area contributed by atoms with Gasteiger partial charge in [0.15, 0.2) is 0 Å². The van der Waals surface area contributed by atoms with Gasteiger partial charge in [0.05, 0.1) is 0 Å². The van der Waals surface area contributed by atoms with Crippen molar-refractivity contribution < 1.29 is 19.4 Å². The largest absolute Gasteiger partial charge is 0.480 e. The summed E-state index contributed by atoms with van der Waals surface area (Å²) in [7, 11) is 0. The molecule has 0 aromatic heterocycles. The van der Waals surface area contributed by atoms with Gasteiger partial charge in [-0.25, -0.2) is 9.59 Å². The van der Waals surface area contributed by atoms with Crippen molar-refractivity contribution in [2.75, 3.05) is 6.61 Å². The number of hydrogen-bond acceptors (Lipinski definition) is 3. The first-order valence-corrected chi connectivity index (χ1v) is 12.1. The zero-order valence-electron chi connectivity index (χ0n) is 19.8. The molecule has 0 radical (unpaired) electrons. The predicted molar refractivity (Wildman–Crippen MR) is 129 cm³/mol. The number of carboxylic acids is 1. The molecule has 2 aliphatic rings. The summed E-state index contributed by atoms with van der Waals surface area (Å²) in [5.41, 5.74) is 4.89. The first-order valence-electron chi connectivity index (χ1n) is 12.1. The van der Waals surface area contributed by atoms with Crippen LogP contribution in [0.2, 0.25) is 0 Å². The monoisotopic (exact) mass is 449 g/mol. The number of alkyl carbamates (subject to hydrolysis) is 1. The lowest BCUT2D eigenvalue weighted by Gasteiger charge is -2.37. The van der Waals surface area contributed by atoms with Crippen molar-refractivity contribution in [3.05, 3.63) is 59.7 Å². The molecule has 0 heterocycles. The molecule has 1 saturated carbocycles. The van der Waals surface area contributed by atoms with Crippen LogP contribution in [0.15, 0.2) is 48.5 Å². The average Bonchev–Trinajstić information content (AvgIpc) is 3.11. The Morgan fingerprint density at radius 3 is 2.03 bits per heavy atom. The molecule has 0 aliphatic heterocycles. The standard InChI is InChI=1S/C28H35NO4/c1-28(2,3)19-14-12-18(13-15-19)16-25(26(30)31)29-27(32)33-17-24-22-10-6-4-8-20(22)21-9-5-7-11-23(21)24/h4-11,18-19,24-25H,12-17H2,1-3H3,(H,29,32)(H,30,31). The molecule has 0 bridgehead atoms. The maximum Gasteiger partial charge on any atom is 0.407 e. The van der Waals surface area contributed by atoms with Gasteiger partial charge in [-0.1, -0.05) is 82.1 Å². The van der Waals surface area contributed by atoms with Gasteiger partial charge in [0.1, 0.15) is 12.6 Å². The SMILES string of the molecule is CC(C)(C)C1CCC(CC(NC(=O)OCC2c3ccccc3-c3ccccc32)C(=O)O)CC1. The number of rotatable bonds is 6. The van der Waals surface area contributed by atoms with Crippen LogP contribution in [0.25, 0.3) is 11.1 Å². The van der Waals surface area contributed by atoms with Crippen LogP contribution < -0.4 is 5.32 Å². The number of ether oxygens (including phenoxy) is 1. The van der Waals surface area contributed by atoms with Gasteiger partial charge in [-0.2, -0.15) is 0 Å². The molecular weight excluding hydrogens is 414 g/mol. The summed E-state index contributed by atoms with van der Waals surface area (Å²) in [5, 5.41) is 12.3. The van der Waals surface area contributed by atoms with E-state index in [4.69, 9.17) is 4.74 Å². The third-order valence-corrected chi connectivity index (χ3v) is 7.57. The van der Waals surface area contributed by atoms with Crippen molar-refractivity contribution in [3.8, 4) is 11.1 Å². The van der Waals surface area contributed by atoms with E-state index in [2.05, 4.69) is 50.4 Å². The second-order valence-electron chi connectivity index (χ2n) is 10.7. The summed E-state index contributed by atoms with van der Waals surface area (Å²) in [6.07, 6.45) is 4.05. The third-order valence-electron chi connectivity index (χ3n) is 7.57. The van der Waals surface area contributed by atoms with Gasteiger partial charge in [0.2, 0.25) is 0 Å². The highest BCUT2D eigenvalue weighted by molar-refractivity contribution is 5.81. The van der Waals surface area contributed by atoms with Crippen molar-refractivity contribution in [1.29, 1.82) is 0 Å². The average molecular weight is 450 g/mol. The van der Waals surface area contributed by atoms with Gasteiger partial charge in [0, 0.05) is 5.92 Å². The molecule has 2 N–H and O–H groups in total. The van der Waals surface area contributed by atoms with E-state index in [1.807, 2.05) is 24.3 Å². The van der Waals surface area contributed by atoms with Crippen LogP contribution in [0.3, 0.4) is 0 Å². The van der Waals surface area contributed by atoms with E-state index in [-0.39, 0.29) is 17.9 Å². The van der Waals surface area contributed by atoms with Crippen LogP contribution >= 0.6 is 0 Å². The number of carbonyl (C=O) groups excluding carboxylic acids is 1. The fourth-order valence-corrected chi connectivity index (χ4v) is 5.60. The second-order valence-corrected chi connectivity index (χ2v) is 10.7. The topological polar surface area (TPSA) is 75.6 Å². The Balaban J connectivity index is 1.34. The lowest BCUT2D eigenvalue weighted by molar-refractivity contribution is -0.140. The summed E-state index contributed by atoms with van der Waals surface area (Å²) in [6.45, 7) is 7.01. The van der Waals surface area contributed by atoms with Gasteiger partial charge in [-0.15, -0.1) is 0 Å². The molecule has 2 aliphatic carbocycles. The molecular formula is C28H35NO4. The molecule has 4 rings (SSSR count). The van der Waals surface area contributed by atoms with Gasteiger partial charge in [-0.05, 0) is 58.8 Å². The number of fused-ring (bicyclic) bond motifs is 3. The number of hydrogen-bond donors (Lipinski definition) is 2. The quantitative estimate of drug-likeness (QED) is 0.549. The van der Waals surface area contributed by atoms with Gasteiger partial charge >= 0.3 is 12.1 Å². The normalized spacial score (nSPS) is 21.1. The third kappa shape index (κ3) is 5.23. The van der Waals surface area contributed by atoms with Gasteiger partial charge < -0.3 is 15.2 Å².